The minimum atomic E-state index is -0.726. The Kier molecular flexibility index (Phi) is 11.0. The molecule has 3 amide bonds. The first-order chi connectivity index (χ1) is 30.9. The lowest BCUT2D eigenvalue weighted by molar-refractivity contribution is -0.136. The van der Waals surface area contributed by atoms with Gasteiger partial charge in [0.1, 0.15) is 29.6 Å². The lowest BCUT2D eigenvalue weighted by atomic mass is 10.0. The maximum Gasteiger partial charge on any atom is 0.407 e. The molecule has 2 saturated heterocycles. The van der Waals surface area contributed by atoms with Crippen molar-refractivity contribution >= 4 is 46.3 Å². The number of hydrogen-bond acceptors (Lipinski definition) is 11. The van der Waals surface area contributed by atoms with Crippen LogP contribution >= 0.6 is 11.8 Å². The van der Waals surface area contributed by atoms with Gasteiger partial charge in [0.25, 0.3) is 0 Å². The first-order valence-electron chi connectivity index (χ1n) is 22.7. The van der Waals surface area contributed by atoms with Crippen LogP contribution in [0.2, 0.25) is 0 Å². The molecule has 4 aromatic rings. The number of nitrogens with two attached hydrogens (primary N) is 1. The Morgan fingerprint density at radius 2 is 1.75 bits per heavy atom. The third-order valence-electron chi connectivity index (χ3n) is 13.7. The van der Waals surface area contributed by atoms with E-state index in [1.165, 1.54) is 20.0 Å². The molecular formula is C47H57FN10O5S. The summed E-state index contributed by atoms with van der Waals surface area (Å²) in [6, 6.07) is 10.0. The quantitative estimate of drug-likeness (QED) is 0.0970. The number of methoxy groups -OCH3 is 1. The molecule has 7 heterocycles. The number of aromatic amines is 1. The van der Waals surface area contributed by atoms with Crippen LogP contribution in [0.3, 0.4) is 0 Å². The van der Waals surface area contributed by atoms with Gasteiger partial charge in [0.05, 0.1) is 69.9 Å². The number of hydrogen-bond donors (Lipinski definition) is 6. The summed E-state index contributed by atoms with van der Waals surface area (Å²) in [5.41, 5.74) is 11.4. The number of benzene rings is 2. The second-order valence-corrected chi connectivity index (χ2v) is 19.9. The Morgan fingerprint density at radius 3 is 2.52 bits per heavy atom. The van der Waals surface area contributed by atoms with Crippen LogP contribution in [-0.2, 0) is 14.3 Å². The van der Waals surface area contributed by atoms with Crippen LogP contribution in [0.15, 0.2) is 59.9 Å². The van der Waals surface area contributed by atoms with Crippen molar-refractivity contribution in [2.45, 2.75) is 108 Å². The zero-order valence-corrected chi connectivity index (χ0v) is 37.6. The Bertz CT molecular complexity index is 2570. The number of H-pyrrole nitrogens is 1. The van der Waals surface area contributed by atoms with Crippen molar-refractivity contribution in [3.05, 3.63) is 77.1 Å². The summed E-state index contributed by atoms with van der Waals surface area (Å²) in [5, 5.41) is 14.5. The number of alkyl carbamates (subject to hydrolysis) is 1. The highest BCUT2D eigenvalue weighted by molar-refractivity contribution is 8.03. The van der Waals surface area contributed by atoms with Crippen molar-refractivity contribution in [2.24, 2.45) is 23.5 Å². The minimum absolute atomic E-state index is 0.0323. The van der Waals surface area contributed by atoms with Gasteiger partial charge in [-0.3, -0.25) is 14.2 Å². The van der Waals surface area contributed by atoms with E-state index in [2.05, 4.69) is 49.2 Å². The number of halogens is 1. The number of thioether (sulfide) groups is 1. The molecule has 17 heteroatoms. The molecule has 0 bridgehead atoms. The summed E-state index contributed by atoms with van der Waals surface area (Å²) in [7, 11) is 1.29. The summed E-state index contributed by atoms with van der Waals surface area (Å²) >= 11 is 1.78. The van der Waals surface area contributed by atoms with Gasteiger partial charge in [-0.2, -0.15) is 0 Å². The van der Waals surface area contributed by atoms with E-state index >= 15 is 4.39 Å². The molecule has 7 N–H and O–H groups in total. The second kappa shape index (κ2) is 16.7. The molecule has 6 aliphatic rings. The van der Waals surface area contributed by atoms with Gasteiger partial charge < -0.3 is 51.3 Å². The number of fused-ring (bicyclic) bond motifs is 5. The van der Waals surface area contributed by atoms with Crippen molar-refractivity contribution in [2.75, 3.05) is 20.2 Å². The fourth-order valence-electron chi connectivity index (χ4n) is 9.96. The van der Waals surface area contributed by atoms with E-state index in [1.807, 2.05) is 57.0 Å². The first kappa shape index (κ1) is 42.3. The van der Waals surface area contributed by atoms with Gasteiger partial charge in [-0.25, -0.2) is 14.2 Å². The van der Waals surface area contributed by atoms with Crippen LogP contribution in [0.5, 0.6) is 5.75 Å². The highest BCUT2D eigenvalue weighted by atomic mass is 32.2. The molecule has 0 radical (unpaired) electrons. The Labute approximate surface area is 376 Å². The first-order valence-corrected chi connectivity index (χ1v) is 23.5. The SMILES string of the molecule is COC(=O)N[C@H](C(=O)N1CCC[C@H]1c1ncc(-c2ccc3c(c2)cc2n3[C@H](C3=CNC(C4CC4)S3)Oc3cc(C4=CNC([C@@H]5CCCN5C(=O)[C@@H](N)C(C)C)N4)cc(F)c3-2)[nH]1)C(C)C. The maximum atomic E-state index is 16.8. The van der Waals surface area contributed by atoms with Crippen molar-refractivity contribution in [3.8, 4) is 28.3 Å². The highest BCUT2D eigenvalue weighted by Gasteiger charge is 2.42. The Hall–Kier alpha value is -5.68. The largest absolute Gasteiger partial charge is 0.464 e. The molecule has 2 unspecified atom stereocenters. The van der Waals surface area contributed by atoms with Gasteiger partial charge in [0, 0.05) is 42.0 Å². The van der Waals surface area contributed by atoms with Gasteiger partial charge >= 0.3 is 6.09 Å². The zero-order chi connectivity index (χ0) is 44.6. The van der Waals surface area contributed by atoms with E-state index in [0.29, 0.717) is 41.7 Å². The number of aromatic nitrogens is 3. The van der Waals surface area contributed by atoms with Crippen LogP contribution in [0.1, 0.15) is 89.9 Å². The van der Waals surface area contributed by atoms with E-state index in [0.717, 1.165) is 64.1 Å². The van der Waals surface area contributed by atoms with E-state index in [-0.39, 0.29) is 47.3 Å². The van der Waals surface area contributed by atoms with Crippen LogP contribution in [-0.4, -0.2) is 92.1 Å². The van der Waals surface area contributed by atoms with Crippen molar-refractivity contribution in [1.82, 2.24) is 45.6 Å². The molecule has 64 heavy (non-hydrogen) atoms. The summed E-state index contributed by atoms with van der Waals surface area (Å²) in [4.78, 5) is 52.2. The zero-order valence-electron chi connectivity index (χ0n) is 36.8. The topological polar surface area (TPSA) is 184 Å². The molecule has 5 aliphatic heterocycles. The lowest BCUT2D eigenvalue weighted by Crippen LogP contribution is -2.55. The number of carbonyl (C=O) groups is 3. The monoisotopic (exact) mass is 892 g/mol. The maximum absolute atomic E-state index is 16.8. The third-order valence-corrected chi connectivity index (χ3v) is 15.1. The number of carbonyl (C=O) groups excluding carboxylic acids is 3. The summed E-state index contributed by atoms with van der Waals surface area (Å²) < 4.78 is 30.6. The standard InChI is InChI=1S/C47H57FN10O5S/c1-23(2)39(49)44(59)56-14-6-8-33(56)41-51-21-31(54-41)27-17-29(48)38-35-18-28-16-26(12-13-32(28)58(35)46(63-36(38)19-27)37-22-52-43(64-37)25-10-11-25)30-20-50-42(53-30)34-9-7-15-57(34)45(60)40(24(3)4)55-47(61)62-5/h12-13,16-25,33-34,39-41,43,46,51-52,54H,6-11,14-15,49H2,1-5H3,(H,50,53)(H,55,61)/t33-,34-,39-,40-,41?,43?,46-/m0/s1. The van der Waals surface area contributed by atoms with E-state index in [9.17, 15) is 14.4 Å². The van der Waals surface area contributed by atoms with E-state index in [1.54, 1.807) is 28.9 Å². The summed E-state index contributed by atoms with van der Waals surface area (Å²) in [6.45, 7) is 8.93. The molecule has 3 fully saturated rings. The fraction of sp³-hybridized carbons (Fsp3) is 0.489. The van der Waals surface area contributed by atoms with Crippen molar-refractivity contribution < 1.29 is 28.2 Å². The molecule has 7 atom stereocenters. The average Bonchev–Trinajstić information content (AvgIpc) is 4.00. The lowest BCUT2D eigenvalue weighted by Gasteiger charge is -2.33. The number of nitrogens with one attached hydrogen (secondary N) is 5. The fourth-order valence-corrected chi connectivity index (χ4v) is 11.3. The molecule has 338 valence electrons. The smallest absolute Gasteiger partial charge is 0.407 e. The molecule has 10 rings (SSSR count). The van der Waals surface area contributed by atoms with Crippen LogP contribution in [0.4, 0.5) is 9.18 Å². The number of ether oxygens (including phenoxy) is 2. The molecular weight excluding hydrogens is 836 g/mol. The normalized spacial score (nSPS) is 24.7. The highest BCUT2D eigenvalue weighted by Crippen LogP contribution is 2.52. The van der Waals surface area contributed by atoms with Gasteiger partial charge in [-0.05, 0) is 86.6 Å². The van der Waals surface area contributed by atoms with Gasteiger partial charge in [0.15, 0.2) is 0 Å². The van der Waals surface area contributed by atoms with E-state index < -0.39 is 30.2 Å². The molecule has 1 aliphatic carbocycles. The van der Waals surface area contributed by atoms with Crippen LogP contribution in [0, 0.1) is 23.6 Å². The van der Waals surface area contributed by atoms with Crippen LogP contribution in [0.25, 0.3) is 39.1 Å². The van der Waals surface area contributed by atoms with Gasteiger partial charge in [-0.1, -0.05) is 45.5 Å². The predicted octanol–water partition coefficient (Wildman–Crippen LogP) is 6.48. The third kappa shape index (κ3) is 7.53. The predicted molar refractivity (Wildman–Crippen MR) is 243 cm³/mol. The summed E-state index contributed by atoms with van der Waals surface area (Å²) in [5.74, 6) is 1.02. The second-order valence-electron chi connectivity index (χ2n) is 18.7. The van der Waals surface area contributed by atoms with Crippen molar-refractivity contribution in [3.63, 3.8) is 0 Å². The number of likely N-dealkylation sites (tertiary alicyclic amines) is 2. The van der Waals surface area contributed by atoms with Crippen molar-refractivity contribution in [1.29, 1.82) is 0 Å². The van der Waals surface area contributed by atoms with Gasteiger partial charge in [-0.15, -0.1) is 0 Å². The number of amides is 3. The average molecular weight is 893 g/mol. The Balaban J connectivity index is 0.944. The Morgan fingerprint density at radius 1 is 0.953 bits per heavy atom. The van der Waals surface area contributed by atoms with E-state index in [4.69, 9.17) is 20.2 Å². The molecule has 15 nitrogen and oxygen atoms in total. The molecule has 2 aromatic heterocycles. The molecule has 1 saturated carbocycles. The molecule has 2 aromatic carbocycles. The number of nitrogens with zero attached hydrogens (tertiary/aromatic N) is 4. The number of rotatable bonds is 11. The van der Waals surface area contributed by atoms with Gasteiger partial charge in [0.2, 0.25) is 18.0 Å². The minimum Gasteiger partial charge on any atom is -0.464 e. The van der Waals surface area contributed by atoms with Crippen LogP contribution < -0.4 is 31.7 Å². The molecule has 0 spiro atoms. The summed E-state index contributed by atoms with van der Waals surface area (Å²) in [6.07, 6.45) is 9.96. The number of imidazole rings is 1.